The predicted molar refractivity (Wildman–Crippen MR) is 104 cm³/mol. The third-order valence-electron chi connectivity index (χ3n) is 3.25. The van der Waals surface area contributed by atoms with Crippen molar-refractivity contribution < 1.29 is 0 Å². The molecule has 0 atom stereocenters. The van der Waals surface area contributed by atoms with Crippen molar-refractivity contribution in [2.75, 3.05) is 5.43 Å². The SMILES string of the molecule is Clc1ccc(N=NC(=NNc2ccccc2)c2ccc(Cl)cc2)cc1. The van der Waals surface area contributed by atoms with Gasteiger partial charge in [-0.3, -0.25) is 5.43 Å². The highest BCUT2D eigenvalue weighted by atomic mass is 35.5. The van der Waals surface area contributed by atoms with Crippen molar-refractivity contribution in [1.82, 2.24) is 0 Å². The fourth-order valence-electron chi connectivity index (χ4n) is 1.99. The molecule has 3 aromatic carbocycles. The number of hydrogen-bond donors (Lipinski definition) is 1. The summed E-state index contributed by atoms with van der Waals surface area (Å²) in [5.74, 6) is 0.440. The van der Waals surface area contributed by atoms with Gasteiger partial charge in [0.25, 0.3) is 0 Å². The van der Waals surface area contributed by atoms with Crippen LogP contribution < -0.4 is 5.43 Å². The molecule has 124 valence electrons. The van der Waals surface area contributed by atoms with Crippen molar-refractivity contribution in [2.45, 2.75) is 0 Å². The minimum Gasteiger partial charge on any atom is -0.276 e. The van der Waals surface area contributed by atoms with E-state index in [9.17, 15) is 0 Å². The average Bonchev–Trinajstić information content (AvgIpc) is 2.65. The number of benzene rings is 3. The first kappa shape index (κ1) is 17.1. The molecule has 0 bridgehead atoms. The minimum atomic E-state index is 0.440. The number of halogens is 2. The summed E-state index contributed by atoms with van der Waals surface area (Å²) in [4.78, 5) is 0. The maximum atomic E-state index is 5.96. The first-order chi connectivity index (χ1) is 12.2. The van der Waals surface area contributed by atoms with E-state index in [2.05, 4.69) is 20.8 Å². The molecule has 0 aliphatic heterocycles. The van der Waals surface area contributed by atoms with Crippen LogP contribution in [0.3, 0.4) is 0 Å². The second kappa shape index (κ2) is 8.42. The lowest BCUT2D eigenvalue weighted by atomic mass is 10.2. The number of anilines is 1. The molecular formula is C19H14Cl2N4. The summed E-state index contributed by atoms with van der Waals surface area (Å²) in [6.07, 6.45) is 0. The first-order valence-corrected chi connectivity index (χ1v) is 8.28. The number of nitrogens with zero attached hydrogens (tertiary/aromatic N) is 3. The average molecular weight is 369 g/mol. The maximum absolute atomic E-state index is 5.96. The number of amidine groups is 1. The molecule has 0 aromatic heterocycles. The third-order valence-corrected chi connectivity index (χ3v) is 3.76. The van der Waals surface area contributed by atoms with Gasteiger partial charge >= 0.3 is 0 Å². The Bertz CT molecular complexity index is 874. The Balaban J connectivity index is 1.88. The van der Waals surface area contributed by atoms with Crippen LogP contribution in [0.1, 0.15) is 5.56 Å². The molecule has 25 heavy (non-hydrogen) atoms. The second-order valence-corrected chi connectivity index (χ2v) is 5.97. The van der Waals surface area contributed by atoms with E-state index in [1.165, 1.54) is 0 Å². The maximum Gasteiger partial charge on any atom is 0.201 e. The van der Waals surface area contributed by atoms with E-state index >= 15 is 0 Å². The fraction of sp³-hybridized carbons (Fsp3) is 0. The highest BCUT2D eigenvalue weighted by Crippen LogP contribution is 2.18. The first-order valence-electron chi connectivity index (χ1n) is 7.53. The van der Waals surface area contributed by atoms with Gasteiger partial charge in [0, 0.05) is 15.6 Å². The number of azo groups is 1. The quantitative estimate of drug-likeness (QED) is 0.241. The Kier molecular flexibility index (Phi) is 5.77. The summed E-state index contributed by atoms with van der Waals surface area (Å²) >= 11 is 11.8. The van der Waals surface area contributed by atoms with Crippen molar-refractivity contribution >= 4 is 40.4 Å². The molecule has 0 amide bonds. The van der Waals surface area contributed by atoms with Crippen LogP contribution >= 0.6 is 23.2 Å². The van der Waals surface area contributed by atoms with Gasteiger partial charge in [0.15, 0.2) is 0 Å². The Morgan fingerprint density at radius 1 is 0.720 bits per heavy atom. The molecule has 0 saturated carbocycles. The normalized spacial score (nSPS) is 11.7. The van der Waals surface area contributed by atoms with E-state index in [0.717, 1.165) is 11.3 Å². The molecule has 0 aliphatic carbocycles. The van der Waals surface area contributed by atoms with Gasteiger partial charge in [-0.15, -0.1) is 10.2 Å². The molecule has 0 radical (unpaired) electrons. The van der Waals surface area contributed by atoms with Crippen molar-refractivity contribution in [3.8, 4) is 0 Å². The van der Waals surface area contributed by atoms with Crippen molar-refractivity contribution in [3.05, 3.63) is 94.5 Å². The lowest BCUT2D eigenvalue weighted by molar-refractivity contribution is 1.22. The van der Waals surface area contributed by atoms with E-state index in [1.54, 1.807) is 36.4 Å². The molecule has 0 unspecified atom stereocenters. The molecule has 3 rings (SSSR count). The van der Waals surface area contributed by atoms with Crippen LogP contribution in [0.5, 0.6) is 0 Å². The Morgan fingerprint density at radius 2 is 1.32 bits per heavy atom. The lowest BCUT2D eigenvalue weighted by Crippen LogP contribution is -2.01. The number of nitrogens with one attached hydrogen (secondary N) is 1. The number of para-hydroxylation sites is 1. The van der Waals surface area contributed by atoms with E-state index in [1.807, 2.05) is 42.5 Å². The van der Waals surface area contributed by atoms with Crippen LogP contribution in [-0.2, 0) is 0 Å². The summed E-state index contributed by atoms with van der Waals surface area (Å²) in [5, 5.41) is 14.1. The highest BCUT2D eigenvalue weighted by molar-refractivity contribution is 6.31. The molecule has 0 spiro atoms. The summed E-state index contributed by atoms with van der Waals surface area (Å²) in [6, 6.07) is 24.0. The monoisotopic (exact) mass is 368 g/mol. The van der Waals surface area contributed by atoms with E-state index in [0.29, 0.717) is 21.6 Å². The minimum absolute atomic E-state index is 0.440. The van der Waals surface area contributed by atoms with E-state index in [4.69, 9.17) is 23.2 Å². The number of rotatable bonds is 4. The predicted octanol–water partition coefficient (Wildman–Crippen LogP) is 6.55. The largest absolute Gasteiger partial charge is 0.276 e. The van der Waals surface area contributed by atoms with Gasteiger partial charge in [-0.05, 0) is 60.7 Å². The van der Waals surface area contributed by atoms with Gasteiger partial charge in [0.2, 0.25) is 5.84 Å². The van der Waals surface area contributed by atoms with Gasteiger partial charge in [-0.25, -0.2) is 0 Å². The second-order valence-electron chi connectivity index (χ2n) is 5.10. The molecule has 4 nitrogen and oxygen atoms in total. The van der Waals surface area contributed by atoms with Crippen LogP contribution in [0.2, 0.25) is 10.0 Å². The molecule has 0 aliphatic rings. The van der Waals surface area contributed by atoms with Crippen molar-refractivity contribution in [1.29, 1.82) is 0 Å². The number of hydrazone groups is 1. The smallest absolute Gasteiger partial charge is 0.201 e. The standard InChI is InChI=1S/C19H14Cl2N4/c20-15-8-6-14(7-9-15)19(24-22-17-4-2-1-3-5-17)25-23-18-12-10-16(21)11-13-18/h1-13,22H. The van der Waals surface area contributed by atoms with Crippen LogP contribution in [0.4, 0.5) is 11.4 Å². The highest BCUT2D eigenvalue weighted by Gasteiger charge is 2.03. The summed E-state index contributed by atoms with van der Waals surface area (Å²) in [6.45, 7) is 0. The van der Waals surface area contributed by atoms with Gasteiger partial charge in [0.1, 0.15) is 0 Å². The van der Waals surface area contributed by atoms with Crippen LogP contribution in [0.25, 0.3) is 0 Å². The Labute approximate surface area is 155 Å². The van der Waals surface area contributed by atoms with E-state index < -0.39 is 0 Å². The summed E-state index contributed by atoms with van der Waals surface area (Å²) in [7, 11) is 0. The van der Waals surface area contributed by atoms with Crippen LogP contribution in [-0.4, -0.2) is 5.84 Å². The van der Waals surface area contributed by atoms with Crippen LogP contribution in [0.15, 0.2) is 94.2 Å². The summed E-state index contributed by atoms with van der Waals surface area (Å²) in [5.41, 5.74) is 5.32. The zero-order valence-corrected chi connectivity index (χ0v) is 14.6. The van der Waals surface area contributed by atoms with Crippen molar-refractivity contribution in [2.24, 2.45) is 15.3 Å². The molecule has 6 heteroatoms. The summed E-state index contributed by atoms with van der Waals surface area (Å²) < 4.78 is 0. The number of hydrogen-bond acceptors (Lipinski definition) is 3. The van der Waals surface area contributed by atoms with Crippen molar-refractivity contribution in [3.63, 3.8) is 0 Å². The zero-order chi connectivity index (χ0) is 17.5. The van der Waals surface area contributed by atoms with Crippen LogP contribution in [0, 0.1) is 0 Å². The van der Waals surface area contributed by atoms with Gasteiger partial charge in [0.05, 0.1) is 11.4 Å². The molecule has 1 N–H and O–H groups in total. The molecule has 0 fully saturated rings. The van der Waals surface area contributed by atoms with E-state index in [-0.39, 0.29) is 0 Å². The van der Waals surface area contributed by atoms with Gasteiger partial charge in [-0.2, -0.15) is 5.10 Å². The Hall–Kier alpha value is -2.69. The molecule has 3 aromatic rings. The van der Waals surface area contributed by atoms with Gasteiger partial charge < -0.3 is 0 Å². The molecular weight excluding hydrogens is 355 g/mol. The molecule has 0 saturated heterocycles. The lowest BCUT2D eigenvalue weighted by Gasteiger charge is -2.03. The Morgan fingerprint density at radius 3 is 1.96 bits per heavy atom. The molecule has 0 heterocycles. The third kappa shape index (κ3) is 5.14. The fourth-order valence-corrected chi connectivity index (χ4v) is 2.24. The zero-order valence-electron chi connectivity index (χ0n) is 13.1. The van der Waals surface area contributed by atoms with Gasteiger partial charge in [-0.1, -0.05) is 41.4 Å². The topological polar surface area (TPSA) is 49.1 Å².